The largest absolute Gasteiger partial charge is 0.351 e. The molecule has 0 spiro atoms. The van der Waals surface area contributed by atoms with Crippen molar-refractivity contribution in [1.29, 1.82) is 0 Å². The lowest BCUT2D eigenvalue weighted by Crippen LogP contribution is -2.53. The lowest BCUT2D eigenvalue weighted by Gasteiger charge is -2.31. The fraction of sp³-hybridized carbons (Fsp3) is 0.588. The Kier molecular flexibility index (Phi) is 6.65. The summed E-state index contributed by atoms with van der Waals surface area (Å²) >= 11 is 1.39. The second-order valence-corrected chi connectivity index (χ2v) is 7.85. The van der Waals surface area contributed by atoms with Gasteiger partial charge in [-0.15, -0.1) is 23.7 Å². The summed E-state index contributed by atoms with van der Waals surface area (Å²) in [5, 5.41) is 14.5. The zero-order valence-corrected chi connectivity index (χ0v) is 17.1. The molecule has 1 fully saturated rings. The maximum absolute atomic E-state index is 12.5. The van der Waals surface area contributed by atoms with Gasteiger partial charge in [0.25, 0.3) is 5.91 Å². The minimum atomic E-state index is -0.570. The molecule has 3 rings (SSSR count). The number of amides is 2. The zero-order valence-electron chi connectivity index (χ0n) is 15.5. The van der Waals surface area contributed by atoms with Gasteiger partial charge < -0.3 is 16.0 Å². The van der Waals surface area contributed by atoms with Crippen molar-refractivity contribution in [3.05, 3.63) is 16.6 Å². The number of carbonyl (C=O) groups excluding carboxylic acids is 2. The maximum atomic E-state index is 12.5. The molecule has 0 aromatic carbocycles. The molecule has 7 nitrogen and oxygen atoms in total. The summed E-state index contributed by atoms with van der Waals surface area (Å²) in [5.74, 6) is 0.0336. The molecule has 26 heavy (non-hydrogen) atoms. The number of carbonyl (C=O) groups is 2. The summed E-state index contributed by atoms with van der Waals surface area (Å²) in [6, 6.07) is 1.43. The Labute approximate surface area is 163 Å². The molecule has 144 valence electrons. The summed E-state index contributed by atoms with van der Waals surface area (Å²) in [6.07, 6.45) is 0.913. The third kappa shape index (κ3) is 4.19. The summed E-state index contributed by atoms with van der Waals surface area (Å²) < 4.78 is 1.78. The van der Waals surface area contributed by atoms with Crippen LogP contribution in [0.25, 0.3) is 10.2 Å². The Morgan fingerprint density at radius 3 is 2.85 bits per heavy atom. The average Bonchev–Trinajstić information content (AvgIpc) is 3.11. The fourth-order valence-corrected chi connectivity index (χ4v) is 4.21. The predicted molar refractivity (Wildman–Crippen MR) is 106 cm³/mol. The molecule has 0 saturated carbocycles. The molecule has 0 radical (unpaired) electrons. The molecule has 1 saturated heterocycles. The van der Waals surface area contributed by atoms with Gasteiger partial charge in [-0.2, -0.15) is 5.10 Å². The highest BCUT2D eigenvalue weighted by molar-refractivity contribution is 7.20. The van der Waals surface area contributed by atoms with E-state index in [2.05, 4.69) is 28.0 Å². The highest BCUT2D eigenvalue weighted by Gasteiger charge is 2.26. The molecular weight excluding hydrogens is 374 g/mol. The number of nitrogens with one attached hydrogen (secondary N) is 3. The van der Waals surface area contributed by atoms with Crippen molar-refractivity contribution in [1.82, 2.24) is 25.7 Å². The fourth-order valence-electron chi connectivity index (χ4n) is 3.19. The van der Waals surface area contributed by atoms with E-state index < -0.39 is 6.04 Å². The van der Waals surface area contributed by atoms with Gasteiger partial charge in [-0.25, -0.2) is 0 Å². The molecule has 0 bridgehead atoms. The third-order valence-electron chi connectivity index (χ3n) is 4.77. The number of aromatic nitrogens is 2. The first-order chi connectivity index (χ1) is 11.9. The van der Waals surface area contributed by atoms with E-state index in [-0.39, 0.29) is 30.3 Å². The Hall–Kier alpha value is -1.64. The minimum absolute atomic E-state index is 0. The van der Waals surface area contributed by atoms with Crippen molar-refractivity contribution < 1.29 is 9.59 Å². The first kappa shape index (κ1) is 20.7. The number of fused-ring (bicyclic) bond motifs is 1. The molecule has 2 amide bonds. The maximum Gasteiger partial charge on any atom is 0.262 e. The lowest BCUT2D eigenvalue weighted by atomic mass is 9.95. The van der Waals surface area contributed by atoms with Crippen LogP contribution in [0.5, 0.6) is 0 Å². The topological polar surface area (TPSA) is 88.0 Å². The normalized spacial score (nSPS) is 21.1. The standard InChI is InChI=1S/C17H25N5O2S.ClH/c1-9-8-18-6-5-13(9)20-15(23)11(3)19-16(24)14-7-12-10(2)21-22(4)17(12)25-14;/h7,9,11,13,18H,5-6,8H2,1-4H3,(H,19,24)(H,20,23);1H. The molecule has 9 heteroatoms. The number of thiophene rings is 1. The van der Waals surface area contributed by atoms with Crippen molar-refractivity contribution in [3.63, 3.8) is 0 Å². The quantitative estimate of drug-likeness (QED) is 0.728. The molecule has 3 N–H and O–H groups in total. The first-order valence-corrected chi connectivity index (χ1v) is 9.43. The Balaban J connectivity index is 0.00000243. The van der Waals surface area contributed by atoms with Gasteiger partial charge in [-0.3, -0.25) is 14.3 Å². The monoisotopic (exact) mass is 399 g/mol. The van der Waals surface area contributed by atoms with Crippen LogP contribution in [-0.4, -0.2) is 46.8 Å². The van der Waals surface area contributed by atoms with Gasteiger partial charge in [0.2, 0.25) is 5.91 Å². The molecule has 1 aliphatic heterocycles. The van der Waals surface area contributed by atoms with Gasteiger partial charge in [0, 0.05) is 18.5 Å². The number of aryl methyl sites for hydroxylation is 2. The summed E-state index contributed by atoms with van der Waals surface area (Å²) in [5.41, 5.74) is 0.901. The van der Waals surface area contributed by atoms with E-state index in [1.54, 1.807) is 11.6 Å². The van der Waals surface area contributed by atoms with E-state index in [0.29, 0.717) is 10.8 Å². The molecule has 3 unspecified atom stereocenters. The van der Waals surface area contributed by atoms with Gasteiger partial charge in [0.1, 0.15) is 10.9 Å². The summed E-state index contributed by atoms with van der Waals surface area (Å²) in [4.78, 5) is 26.4. The summed E-state index contributed by atoms with van der Waals surface area (Å²) in [6.45, 7) is 7.58. The number of piperidine rings is 1. The van der Waals surface area contributed by atoms with Crippen LogP contribution in [0, 0.1) is 12.8 Å². The van der Waals surface area contributed by atoms with Gasteiger partial charge in [0.15, 0.2) is 0 Å². The van der Waals surface area contributed by atoms with E-state index in [1.165, 1.54) is 11.3 Å². The number of nitrogens with zero attached hydrogens (tertiary/aromatic N) is 2. The number of halogens is 1. The highest BCUT2D eigenvalue weighted by Crippen LogP contribution is 2.27. The van der Waals surface area contributed by atoms with Crippen LogP contribution in [0.3, 0.4) is 0 Å². The van der Waals surface area contributed by atoms with E-state index >= 15 is 0 Å². The van der Waals surface area contributed by atoms with Crippen molar-refractivity contribution in [2.75, 3.05) is 13.1 Å². The van der Waals surface area contributed by atoms with Crippen LogP contribution in [0.4, 0.5) is 0 Å². The Morgan fingerprint density at radius 2 is 2.19 bits per heavy atom. The molecule has 3 atom stereocenters. The Bertz CT molecular complexity index is 768. The van der Waals surface area contributed by atoms with Crippen molar-refractivity contribution in [2.45, 2.75) is 39.3 Å². The second-order valence-electron chi connectivity index (χ2n) is 6.82. The number of rotatable bonds is 4. The number of hydrogen-bond donors (Lipinski definition) is 3. The molecular formula is C17H26ClN5O2S. The van der Waals surface area contributed by atoms with Crippen molar-refractivity contribution in [3.8, 4) is 0 Å². The smallest absolute Gasteiger partial charge is 0.262 e. The van der Waals surface area contributed by atoms with Crippen LogP contribution in [-0.2, 0) is 11.8 Å². The third-order valence-corrected chi connectivity index (χ3v) is 5.97. The Morgan fingerprint density at radius 1 is 1.46 bits per heavy atom. The molecule has 3 heterocycles. The van der Waals surface area contributed by atoms with Crippen LogP contribution in [0.15, 0.2) is 6.07 Å². The van der Waals surface area contributed by atoms with E-state index in [9.17, 15) is 9.59 Å². The molecule has 2 aromatic rings. The molecule has 2 aromatic heterocycles. The van der Waals surface area contributed by atoms with E-state index in [4.69, 9.17) is 0 Å². The zero-order chi connectivity index (χ0) is 18.1. The average molecular weight is 400 g/mol. The van der Waals surface area contributed by atoms with Crippen LogP contribution in [0.2, 0.25) is 0 Å². The second kappa shape index (κ2) is 8.37. The van der Waals surface area contributed by atoms with Crippen LogP contribution in [0.1, 0.15) is 35.6 Å². The predicted octanol–water partition coefficient (Wildman–Crippen LogP) is 1.60. The lowest BCUT2D eigenvalue weighted by molar-refractivity contribution is -0.123. The molecule has 1 aliphatic rings. The van der Waals surface area contributed by atoms with Gasteiger partial charge >= 0.3 is 0 Å². The number of hydrogen-bond acceptors (Lipinski definition) is 5. The van der Waals surface area contributed by atoms with Crippen molar-refractivity contribution >= 4 is 45.8 Å². The van der Waals surface area contributed by atoms with Crippen LogP contribution < -0.4 is 16.0 Å². The van der Waals surface area contributed by atoms with Gasteiger partial charge in [-0.1, -0.05) is 6.92 Å². The van der Waals surface area contributed by atoms with E-state index in [1.807, 2.05) is 20.0 Å². The van der Waals surface area contributed by atoms with Gasteiger partial charge in [-0.05, 0) is 45.3 Å². The minimum Gasteiger partial charge on any atom is -0.351 e. The van der Waals surface area contributed by atoms with E-state index in [0.717, 1.165) is 35.4 Å². The molecule has 0 aliphatic carbocycles. The van der Waals surface area contributed by atoms with Gasteiger partial charge in [0.05, 0.1) is 10.6 Å². The summed E-state index contributed by atoms with van der Waals surface area (Å²) in [7, 11) is 1.86. The van der Waals surface area contributed by atoms with Crippen molar-refractivity contribution in [2.24, 2.45) is 13.0 Å². The highest BCUT2D eigenvalue weighted by atomic mass is 35.5. The first-order valence-electron chi connectivity index (χ1n) is 8.62. The SMILES string of the molecule is Cc1nn(C)c2sc(C(=O)NC(C)C(=O)NC3CCNCC3C)cc12.Cl. The van der Waals surface area contributed by atoms with Crippen LogP contribution >= 0.6 is 23.7 Å².